The maximum atomic E-state index is 10.6. The minimum absolute atomic E-state index is 0.278. The molecule has 2 amide bonds. The number of hydrogen-bond donors (Lipinski definition) is 1. The first-order valence-electron chi connectivity index (χ1n) is 4.43. The maximum Gasteiger partial charge on any atom is 0.314 e. The van der Waals surface area contributed by atoms with E-state index in [1.807, 2.05) is 0 Å². The van der Waals surface area contributed by atoms with Crippen LogP contribution in [0.5, 0.6) is 0 Å². The smallest absolute Gasteiger partial charge is 0.314 e. The van der Waals surface area contributed by atoms with Gasteiger partial charge in [-0.2, -0.15) is 0 Å². The molecule has 1 rings (SSSR count). The lowest BCUT2D eigenvalue weighted by atomic mass is 9.81. The van der Waals surface area contributed by atoms with Gasteiger partial charge >= 0.3 is 6.03 Å². The Morgan fingerprint density at radius 1 is 1.50 bits per heavy atom. The Balaban J connectivity index is 2.22. The SMILES string of the molecule is CC(C)(C)CC1CN(C(N)=O)C1. The molecule has 3 nitrogen and oxygen atoms in total. The molecule has 1 fully saturated rings. The lowest BCUT2D eigenvalue weighted by Gasteiger charge is -2.41. The standard InChI is InChI=1S/C9H18N2O/c1-9(2,3)4-7-5-11(6-7)8(10)12/h7H,4-6H2,1-3H3,(H2,10,12). The molecule has 2 N–H and O–H groups in total. The molecule has 0 aromatic rings. The second-order valence-electron chi connectivity index (χ2n) is 4.87. The van der Waals surface area contributed by atoms with Crippen molar-refractivity contribution in [2.45, 2.75) is 27.2 Å². The van der Waals surface area contributed by atoms with Crippen molar-refractivity contribution in [1.82, 2.24) is 4.90 Å². The first kappa shape index (κ1) is 9.36. The highest BCUT2D eigenvalue weighted by molar-refractivity contribution is 5.72. The second-order valence-corrected chi connectivity index (χ2v) is 4.87. The number of carbonyl (C=O) groups excluding carboxylic acids is 1. The van der Waals surface area contributed by atoms with Crippen LogP contribution in [0.2, 0.25) is 0 Å². The van der Waals surface area contributed by atoms with E-state index < -0.39 is 0 Å². The van der Waals surface area contributed by atoms with Crippen LogP contribution in [0.3, 0.4) is 0 Å². The number of nitrogens with zero attached hydrogens (tertiary/aromatic N) is 1. The number of likely N-dealkylation sites (tertiary alicyclic amines) is 1. The summed E-state index contributed by atoms with van der Waals surface area (Å²) in [5, 5.41) is 0. The van der Waals surface area contributed by atoms with E-state index >= 15 is 0 Å². The van der Waals surface area contributed by atoms with Gasteiger partial charge in [-0.15, -0.1) is 0 Å². The van der Waals surface area contributed by atoms with Crippen molar-refractivity contribution in [3.05, 3.63) is 0 Å². The summed E-state index contributed by atoms with van der Waals surface area (Å²) in [7, 11) is 0. The molecule has 0 unspecified atom stereocenters. The monoisotopic (exact) mass is 170 g/mol. The maximum absolute atomic E-state index is 10.6. The first-order chi connectivity index (χ1) is 5.38. The quantitative estimate of drug-likeness (QED) is 0.635. The molecule has 12 heavy (non-hydrogen) atoms. The topological polar surface area (TPSA) is 46.3 Å². The Hall–Kier alpha value is -0.730. The lowest BCUT2D eigenvalue weighted by Crippen LogP contribution is -2.53. The van der Waals surface area contributed by atoms with Crippen LogP contribution in [0.1, 0.15) is 27.2 Å². The zero-order valence-electron chi connectivity index (χ0n) is 8.13. The fourth-order valence-corrected chi connectivity index (χ4v) is 1.74. The largest absolute Gasteiger partial charge is 0.351 e. The molecular formula is C9H18N2O. The summed E-state index contributed by atoms with van der Waals surface area (Å²) >= 11 is 0. The Morgan fingerprint density at radius 3 is 2.33 bits per heavy atom. The number of hydrogen-bond acceptors (Lipinski definition) is 1. The Morgan fingerprint density at radius 2 is 2.00 bits per heavy atom. The van der Waals surface area contributed by atoms with Crippen molar-refractivity contribution in [2.75, 3.05) is 13.1 Å². The summed E-state index contributed by atoms with van der Waals surface area (Å²) in [5.41, 5.74) is 5.48. The summed E-state index contributed by atoms with van der Waals surface area (Å²) in [6.45, 7) is 8.37. The van der Waals surface area contributed by atoms with Gasteiger partial charge in [-0.05, 0) is 17.8 Å². The minimum atomic E-state index is -0.278. The van der Waals surface area contributed by atoms with Gasteiger partial charge in [0.05, 0.1) is 0 Å². The molecule has 0 bridgehead atoms. The van der Waals surface area contributed by atoms with Gasteiger partial charge in [0.1, 0.15) is 0 Å². The van der Waals surface area contributed by atoms with Gasteiger partial charge in [0.15, 0.2) is 0 Å². The molecule has 70 valence electrons. The van der Waals surface area contributed by atoms with Gasteiger partial charge in [0.2, 0.25) is 0 Å². The van der Waals surface area contributed by atoms with Crippen LogP contribution in [0.15, 0.2) is 0 Å². The lowest BCUT2D eigenvalue weighted by molar-refractivity contribution is 0.0983. The zero-order chi connectivity index (χ0) is 9.35. The van der Waals surface area contributed by atoms with E-state index in [0.29, 0.717) is 11.3 Å². The molecule has 0 aromatic carbocycles. The highest BCUT2D eigenvalue weighted by Gasteiger charge is 2.31. The predicted molar refractivity (Wildman–Crippen MR) is 48.7 cm³/mol. The highest BCUT2D eigenvalue weighted by atomic mass is 16.2. The normalized spacial score (nSPS) is 19.1. The second kappa shape index (κ2) is 2.96. The number of nitrogens with two attached hydrogens (primary N) is 1. The van der Waals surface area contributed by atoms with E-state index in [1.165, 1.54) is 6.42 Å². The fraction of sp³-hybridized carbons (Fsp3) is 0.889. The van der Waals surface area contributed by atoms with E-state index in [2.05, 4.69) is 20.8 Å². The van der Waals surface area contributed by atoms with E-state index in [9.17, 15) is 4.79 Å². The molecule has 0 saturated carbocycles. The predicted octanol–water partition coefficient (Wildman–Crippen LogP) is 1.43. The Bertz CT molecular complexity index is 177. The molecule has 0 radical (unpaired) electrons. The zero-order valence-corrected chi connectivity index (χ0v) is 8.13. The molecule has 0 spiro atoms. The summed E-state index contributed by atoms with van der Waals surface area (Å²) in [6.07, 6.45) is 1.18. The minimum Gasteiger partial charge on any atom is -0.351 e. The number of urea groups is 1. The van der Waals surface area contributed by atoms with Gasteiger partial charge in [0, 0.05) is 13.1 Å². The molecule has 0 aromatic heterocycles. The molecule has 1 saturated heterocycles. The van der Waals surface area contributed by atoms with Crippen molar-refractivity contribution < 1.29 is 4.79 Å². The molecule has 3 heteroatoms. The Kier molecular flexibility index (Phi) is 2.31. The van der Waals surface area contributed by atoms with Crippen molar-refractivity contribution in [3.8, 4) is 0 Å². The van der Waals surface area contributed by atoms with Gasteiger partial charge < -0.3 is 10.6 Å². The number of amides is 2. The van der Waals surface area contributed by atoms with Crippen LogP contribution in [0, 0.1) is 11.3 Å². The van der Waals surface area contributed by atoms with Crippen LogP contribution < -0.4 is 5.73 Å². The summed E-state index contributed by atoms with van der Waals surface area (Å²) in [5.74, 6) is 0.664. The first-order valence-corrected chi connectivity index (χ1v) is 4.43. The number of rotatable bonds is 1. The third-order valence-electron chi connectivity index (χ3n) is 2.17. The van der Waals surface area contributed by atoms with Crippen LogP contribution in [0.4, 0.5) is 4.79 Å². The van der Waals surface area contributed by atoms with Crippen LogP contribution in [-0.4, -0.2) is 24.0 Å². The fourth-order valence-electron chi connectivity index (χ4n) is 1.74. The number of primary amides is 1. The van der Waals surface area contributed by atoms with Crippen molar-refractivity contribution in [1.29, 1.82) is 0 Å². The third kappa shape index (κ3) is 2.40. The van der Waals surface area contributed by atoms with Crippen LogP contribution in [-0.2, 0) is 0 Å². The molecule has 1 aliphatic rings. The number of carbonyl (C=O) groups is 1. The van der Waals surface area contributed by atoms with Gasteiger partial charge in [-0.3, -0.25) is 0 Å². The van der Waals surface area contributed by atoms with E-state index in [1.54, 1.807) is 4.90 Å². The summed E-state index contributed by atoms with van der Waals surface area (Å²) in [4.78, 5) is 12.3. The summed E-state index contributed by atoms with van der Waals surface area (Å²) in [6, 6.07) is -0.278. The molecule has 0 aliphatic carbocycles. The van der Waals surface area contributed by atoms with Crippen LogP contribution in [0.25, 0.3) is 0 Å². The van der Waals surface area contributed by atoms with E-state index in [0.717, 1.165) is 13.1 Å². The van der Waals surface area contributed by atoms with Crippen LogP contribution >= 0.6 is 0 Å². The van der Waals surface area contributed by atoms with Gasteiger partial charge in [-0.1, -0.05) is 20.8 Å². The molecular weight excluding hydrogens is 152 g/mol. The molecule has 0 atom stereocenters. The van der Waals surface area contributed by atoms with Crippen molar-refractivity contribution in [3.63, 3.8) is 0 Å². The molecule has 1 aliphatic heterocycles. The third-order valence-corrected chi connectivity index (χ3v) is 2.17. The Labute approximate surface area is 73.9 Å². The summed E-state index contributed by atoms with van der Waals surface area (Å²) < 4.78 is 0. The highest BCUT2D eigenvalue weighted by Crippen LogP contribution is 2.29. The van der Waals surface area contributed by atoms with Gasteiger partial charge in [0.25, 0.3) is 0 Å². The van der Waals surface area contributed by atoms with Crippen molar-refractivity contribution in [2.24, 2.45) is 17.1 Å². The molecule has 1 heterocycles. The van der Waals surface area contributed by atoms with Crippen molar-refractivity contribution >= 4 is 6.03 Å². The van der Waals surface area contributed by atoms with Gasteiger partial charge in [-0.25, -0.2) is 4.79 Å². The van der Waals surface area contributed by atoms with E-state index in [4.69, 9.17) is 5.73 Å². The average molecular weight is 170 g/mol. The average Bonchev–Trinajstić information content (AvgIpc) is 1.74. The van der Waals surface area contributed by atoms with E-state index in [-0.39, 0.29) is 6.03 Å².